The normalized spacial score (nSPS) is 10.5. The van der Waals surface area contributed by atoms with Crippen LogP contribution in [0.25, 0.3) is 0 Å². The number of halogens is 1. The number of hydrogen-bond acceptors (Lipinski definition) is 0. The van der Waals surface area contributed by atoms with Crippen molar-refractivity contribution in [3.63, 3.8) is 0 Å². The molecule has 0 unspecified atom stereocenters. The molecular formula is C16H17I. The van der Waals surface area contributed by atoms with Crippen LogP contribution in [-0.2, 0) is 12.8 Å². The maximum absolute atomic E-state index is 2.42. The highest BCUT2D eigenvalue weighted by molar-refractivity contribution is 14.1. The molecular weight excluding hydrogens is 319 g/mol. The zero-order valence-corrected chi connectivity index (χ0v) is 12.5. The molecule has 0 heterocycles. The molecule has 0 aliphatic carbocycles. The van der Waals surface area contributed by atoms with E-state index in [4.69, 9.17) is 0 Å². The summed E-state index contributed by atoms with van der Waals surface area (Å²) in [7, 11) is 0. The van der Waals surface area contributed by atoms with Gasteiger partial charge < -0.3 is 0 Å². The van der Waals surface area contributed by atoms with Crippen molar-refractivity contribution >= 4 is 22.6 Å². The van der Waals surface area contributed by atoms with Crippen LogP contribution in [-0.4, -0.2) is 0 Å². The first-order chi connectivity index (χ1) is 8.18. The first kappa shape index (κ1) is 12.6. The summed E-state index contributed by atoms with van der Waals surface area (Å²) in [6.07, 6.45) is 2.26. The molecule has 88 valence electrons. The van der Waals surface area contributed by atoms with Gasteiger partial charge in [0.15, 0.2) is 0 Å². The summed E-state index contributed by atoms with van der Waals surface area (Å²) in [5.74, 6) is 0. The third-order valence-corrected chi connectivity index (χ3v) is 4.39. The molecule has 0 atom stereocenters. The standard InChI is InChI=1S/C16H17I/c1-12-6-5-8-14(13(12)2)10-11-15-7-3-4-9-16(15)17/h3-9H,10-11H2,1-2H3. The van der Waals surface area contributed by atoms with Crippen LogP contribution in [0.5, 0.6) is 0 Å². The van der Waals surface area contributed by atoms with Crippen molar-refractivity contribution in [2.24, 2.45) is 0 Å². The molecule has 0 aliphatic heterocycles. The first-order valence-corrected chi connectivity index (χ1v) is 7.05. The lowest BCUT2D eigenvalue weighted by Gasteiger charge is -2.09. The molecule has 0 aliphatic rings. The minimum atomic E-state index is 1.13. The van der Waals surface area contributed by atoms with Crippen LogP contribution in [0.15, 0.2) is 42.5 Å². The fourth-order valence-corrected chi connectivity index (χ4v) is 2.71. The lowest BCUT2D eigenvalue weighted by atomic mass is 9.98. The van der Waals surface area contributed by atoms with Gasteiger partial charge in [-0.2, -0.15) is 0 Å². The number of benzene rings is 2. The SMILES string of the molecule is Cc1cccc(CCc2ccccc2I)c1C. The third kappa shape index (κ3) is 3.09. The topological polar surface area (TPSA) is 0 Å². The summed E-state index contributed by atoms with van der Waals surface area (Å²) in [6.45, 7) is 4.41. The van der Waals surface area contributed by atoms with Gasteiger partial charge in [-0.05, 0) is 77.6 Å². The van der Waals surface area contributed by atoms with E-state index in [-0.39, 0.29) is 0 Å². The van der Waals surface area contributed by atoms with Crippen molar-refractivity contribution in [3.05, 3.63) is 68.3 Å². The van der Waals surface area contributed by atoms with Crippen LogP contribution in [0.3, 0.4) is 0 Å². The van der Waals surface area contributed by atoms with Gasteiger partial charge >= 0.3 is 0 Å². The Bertz CT molecular complexity index is 515. The molecule has 2 aromatic rings. The van der Waals surface area contributed by atoms with Crippen LogP contribution in [0.2, 0.25) is 0 Å². The average molecular weight is 336 g/mol. The Balaban J connectivity index is 2.13. The van der Waals surface area contributed by atoms with E-state index >= 15 is 0 Å². The van der Waals surface area contributed by atoms with E-state index < -0.39 is 0 Å². The van der Waals surface area contributed by atoms with Crippen LogP contribution in [0.4, 0.5) is 0 Å². The maximum Gasteiger partial charge on any atom is 0.0162 e. The van der Waals surface area contributed by atoms with Crippen LogP contribution >= 0.6 is 22.6 Å². The minimum Gasteiger partial charge on any atom is -0.0619 e. The van der Waals surface area contributed by atoms with Gasteiger partial charge in [-0.15, -0.1) is 0 Å². The van der Waals surface area contributed by atoms with Gasteiger partial charge in [0.25, 0.3) is 0 Å². The second-order valence-corrected chi connectivity index (χ2v) is 5.61. The molecule has 0 N–H and O–H groups in total. The minimum absolute atomic E-state index is 1.13. The van der Waals surface area contributed by atoms with E-state index in [1.807, 2.05) is 0 Å². The third-order valence-electron chi connectivity index (χ3n) is 3.34. The van der Waals surface area contributed by atoms with Crippen molar-refractivity contribution in [1.82, 2.24) is 0 Å². The fraction of sp³-hybridized carbons (Fsp3) is 0.250. The Morgan fingerprint density at radius 3 is 2.24 bits per heavy atom. The van der Waals surface area contributed by atoms with E-state index in [2.05, 4.69) is 78.9 Å². The fourth-order valence-electron chi connectivity index (χ4n) is 2.05. The predicted octanol–water partition coefficient (Wildman–Crippen LogP) is 4.69. The summed E-state index contributed by atoms with van der Waals surface area (Å²) < 4.78 is 1.37. The Kier molecular flexibility index (Phi) is 4.21. The van der Waals surface area contributed by atoms with E-state index in [0.717, 1.165) is 12.8 Å². The summed E-state index contributed by atoms with van der Waals surface area (Å²) in [5, 5.41) is 0. The van der Waals surface area contributed by atoms with Gasteiger partial charge in [0, 0.05) is 3.57 Å². The van der Waals surface area contributed by atoms with Crippen molar-refractivity contribution in [1.29, 1.82) is 0 Å². The van der Waals surface area contributed by atoms with Gasteiger partial charge in [-0.3, -0.25) is 0 Å². The molecule has 0 radical (unpaired) electrons. The van der Waals surface area contributed by atoms with E-state index in [1.54, 1.807) is 0 Å². The molecule has 1 heteroatoms. The number of rotatable bonds is 3. The zero-order valence-electron chi connectivity index (χ0n) is 10.3. The first-order valence-electron chi connectivity index (χ1n) is 5.97. The van der Waals surface area contributed by atoms with Gasteiger partial charge in [-0.1, -0.05) is 36.4 Å². The quantitative estimate of drug-likeness (QED) is 0.713. The van der Waals surface area contributed by atoms with Crippen molar-refractivity contribution in [3.8, 4) is 0 Å². The second kappa shape index (κ2) is 5.67. The van der Waals surface area contributed by atoms with Gasteiger partial charge in [0.05, 0.1) is 0 Å². The van der Waals surface area contributed by atoms with E-state index in [0.29, 0.717) is 0 Å². The van der Waals surface area contributed by atoms with Crippen LogP contribution < -0.4 is 0 Å². The molecule has 0 bridgehead atoms. The Morgan fingerprint density at radius 2 is 1.47 bits per heavy atom. The molecule has 0 fully saturated rings. The monoisotopic (exact) mass is 336 g/mol. The van der Waals surface area contributed by atoms with Crippen molar-refractivity contribution in [2.75, 3.05) is 0 Å². The number of hydrogen-bond donors (Lipinski definition) is 0. The van der Waals surface area contributed by atoms with Crippen molar-refractivity contribution < 1.29 is 0 Å². The number of aryl methyl sites for hydroxylation is 3. The van der Waals surface area contributed by atoms with Gasteiger partial charge in [-0.25, -0.2) is 0 Å². The summed E-state index contributed by atoms with van der Waals surface area (Å²) in [6, 6.07) is 15.2. The largest absolute Gasteiger partial charge is 0.0619 e. The maximum atomic E-state index is 2.42. The molecule has 0 saturated carbocycles. The van der Waals surface area contributed by atoms with Gasteiger partial charge in [0.2, 0.25) is 0 Å². The lowest BCUT2D eigenvalue weighted by molar-refractivity contribution is 0.940. The molecule has 0 aromatic heterocycles. The smallest absolute Gasteiger partial charge is 0.0162 e. The highest BCUT2D eigenvalue weighted by Crippen LogP contribution is 2.18. The highest BCUT2D eigenvalue weighted by atomic mass is 127. The molecule has 0 saturated heterocycles. The lowest BCUT2D eigenvalue weighted by Crippen LogP contribution is -1.97. The molecule has 0 spiro atoms. The molecule has 2 aromatic carbocycles. The molecule has 0 nitrogen and oxygen atoms in total. The van der Waals surface area contributed by atoms with Crippen LogP contribution in [0.1, 0.15) is 22.3 Å². The second-order valence-electron chi connectivity index (χ2n) is 4.45. The Labute approximate surface area is 117 Å². The van der Waals surface area contributed by atoms with Crippen molar-refractivity contribution in [2.45, 2.75) is 26.7 Å². The molecule has 2 rings (SSSR count). The Hall–Kier alpha value is -0.830. The summed E-state index contributed by atoms with van der Waals surface area (Å²) in [5.41, 5.74) is 5.77. The Morgan fingerprint density at radius 1 is 0.824 bits per heavy atom. The molecule has 0 amide bonds. The molecule has 17 heavy (non-hydrogen) atoms. The highest BCUT2D eigenvalue weighted by Gasteiger charge is 2.03. The van der Waals surface area contributed by atoms with Gasteiger partial charge in [0.1, 0.15) is 0 Å². The summed E-state index contributed by atoms with van der Waals surface area (Å²) in [4.78, 5) is 0. The van der Waals surface area contributed by atoms with Crippen LogP contribution in [0, 0.1) is 17.4 Å². The average Bonchev–Trinajstić information content (AvgIpc) is 2.33. The van der Waals surface area contributed by atoms with E-state index in [1.165, 1.54) is 25.8 Å². The summed E-state index contributed by atoms with van der Waals surface area (Å²) >= 11 is 2.42. The van der Waals surface area contributed by atoms with E-state index in [9.17, 15) is 0 Å². The zero-order chi connectivity index (χ0) is 12.3. The predicted molar refractivity (Wildman–Crippen MR) is 82.5 cm³/mol.